The molecule has 1 saturated heterocycles. The van der Waals surface area contributed by atoms with Gasteiger partial charge in [-0.15, -0.1) is 0 Å². The molecule has 8 nitrogen and oxygen atoms in total. The lowest BCUT2D eigenvalue weighted by Crippen LogP contribution is -2.36. The van der Waals surface area contributed by atoms with Crippen molar-refractivity contribution in [3.05, 3.63) is 0 Å². The average Bonchev–Trinajstić information content (AvgIpc) is 2.61. The Kier molecular flexibility index (Phi) is 4.22. The monoisotopic (exact) mass is 315 g/mol. The van der Waals surface area contributed by atoms with Gasteiger partial charge in [0.05, 0.1) is 23.1 Å². The number of rotatable bonds is 5. The van der Waals surface area contributed by atoms with Crippen LogP contribution in [0.3, 0.4) is 0 Å². The topological polar surface area (TPSA) is 106 Å². The van der Waals surface area contributed by atoms with E-state index in [1.54, 1.807) is 7.05 Å². The summed E-state index contributed by atoms with van der Waals surface area (Å²) in [6.45, 7) is 5.60. The summed E-state index contributed by atoms with van der Waals surface area (Å²) in [4.78, 5) is 12.5. The number of nitrogens with zero attached hydrogens (tertiary/aromatic N) is 3. The summed E-state index contributed by atoms with van der Waals surface area (Å²) in [7, 11) is -1.30. The second-order valence-corrected chi connectivity index (χ2v) is 7.89. The van der Waals surface area contributed by atoms with Gasteiger partial charge in [-0.3, -0.25) is 0 Å². The molecule has 118 valence electrons. The van der Waals surface area contributed by atoms with E-state index in [4.69, 9.17) is 4.74 Å². The molecule has 0 aliphatic carbocycles. The molecule has 1 unspecified atom stereocenters. The number of hydrogen-bond donors (Lipinski definition) is 2. The van der Waals surface area contributed by atoms with E-state index in [2.05, 4.69) is 25.6 Å². The number of ether oxygens (including phenoxy) is 1. The molecule has 1 aliphatic heterocycles. The van der Waals surface area contributed by atoms with Crippen LogP contribution in [-0.4, -0.2) is 53.6 Å². The van der Waals surface area contributed by atoms with Crippen LogP contribution in [-0.2, 0) is 9.84 Å². The third-order valence-corrected chi connectivity index (χ3v) is 5.00. The van der Waals surface area contributed by atoms with Crippen LogP contribution in [0, 0.1) is 0 Å². The largest absolute Gasteiger partial charge is 0.461 e. The summed E-state index contributed by atoms with van der Waals surface area (Å²) in [6.07, 6.45) is 0.461. The van der Waals surface area contributed by atoms with Crippen LogP contribution in [0.15, 0.2) is 0 Å². The highest BCUT2D eigenvalue weighted by atomic mass is 32.2. The molecule has 2 N–H and O–H groups in total. The molecule has 0 bridgehead atoms. The summed E-state index contributed by atoms with van der Waals surface area (Å²) >= 11 is 0. The molecule has 0 spiro atoms. The van der Waals surface area contributed by atoms with Gasteiger partial charge in [0.2, 0.25) is 11.9 Å². The molecule has 0 saturated carbocycles. The number of nitrogens with one attached hydrogen (secondary N) is 2. The molecule has 0 radical (unpaired) electrons. The molecule has 1 aromatic heterocycles. The minimum absolute atomic E-state index is 0.0626. The fourth-order valence-electron chi connectivity index (χ4n) is 2.17. The number of hydrogen-bond acceptors (Lipinski definition) is 8. The average molecular weight is 315 g/mol. The SMILES string of the molecule is CNc1nc(NC2(C)CCS(=O)(=O)C2)nc(OC(C)C)n1. The van der Waals surface area contributed by atoms with Crippen molar-refractivity contribution in [2.75, 3.05) is 29.2 Å². The van der Waals surface area contributed by atoms with Crippen LogP contribution in [0.5, 0.6) is 6.01 Å². The fourth-order valence-corrected chi connectivity index (χ4v) is 4.26. The van der Waals surface area contributed by atoms with E-state index in [1.807, 2.05) is 20.8 Å². The van der Waals surface area contributed by atoms with Crippen LogP contribution in [0.25, 0.3) is 0 Å². The van der Waals surface area contributed by atoms with Crippen LogP contribution < -0.4 is 15.4 Å². The molecule has 0 aromatic carbocycles. The predicted octanol–water partition coefficient (Wildman–Crippen LogP) is 0.690. The zero-order valence-electron chi connectivity index (χ0n) is 12.7. The van der Waals surface area contributed by atoms with E-state index in [1.165, 1.54) is 0 Å². The van der Waals surface area contributed by atoms with Crippen LogP contribution >= 0.6 is 0 Å². The van der Waals surface area contributed by atoms with Gasteiger partial charge in [0.15, 0.2) is 9.84 Å². The minimum Gasteiger partial charge on any atom is -0.461 e. The lowest BCUT2D eigenvalue weighted by atomic mass is 10.0. The normalized spacial score (nSPS) is 24.0. The molecule has 2 rings (SSSR count). The van der Waals surface area contributed by atoms with E-state index >= 15 is 0 Å². The first-order valence-corrected chi connectivity index (χ1v) is 8.63. The first kappa shape index (κ1) is 15.7. The highest BCUT2D eigenvalue weighted by Gasteiger charge is 2.39. The Morgan fingerprint density at radius 2 is 1.90 bits per heavy atom. The van der Waals surface area contributed by atoms with Gasteiger partial charge in [0.1, 0.15) is 0 Å². The molecule has 2 heterocycles. The first-order valence-electron chi connectivity index (χ1n) is 6.80. The minimum atomic E-state index is -3.00. The Morgan fingerprint density at radius 3 is 2.43 bits per heavy atom. The Hall–Kier alpha value is -1.64. The molecule has 1 fully saturated rings. The van der Waals surface area contributed by atoms with Gasteiger partial charge >= 0.3 is 6.01 Å². The summed E-state index contributed by atoms with van der Waals surface area (Å²) < 4.78 is 28.8. The predicted molar refractivity (Wildman–Crippen MR) is 80.4 cm³/mol. The van der Waals surface area contributed by atoms with Crippen LogP contribution in [0.2, 0.25) is 0 Å². The van der Waals surface area contributed by atoms with Crippen molar-refractivity contribution in [1.82, 2.24) is 15.0 Å². The van der Waals surface area contributed by atoms with E-state index < -0.39 is 15.4 Å². The standard InChI is InChI=1S/C12H21N5O3S/c1-8(2)20-11-15-9(13-4)14-10(16-11)17-12(3)5-6-21(18,19)7-12/h8H,5-7H2,1-4H3,(H2,13,14,15,16,17). The first-order chi connectivity index (χ1) is 9.71. The van der Waals surface area contributed by atoms with E-state index in [0.717, 1.165) is 0 Å². The van der Waals surface area contributed by atoms with Gasteiger partial charge in [0, 0.05) is 7.05 Å². The third-order valence-electron chi connectivity index (χ3n) is 3.10. The lowest BCUT2D eigenvalue weighted by molar-refractivity contribution is 0.222. The van der Waals surface area contributed by atoms with Gasteiger partial charge in [-0.25, -0.2) is 8.42 Å². The van der Waals surface area contributed by atoms with Crippen molar-refractivity contribution in [3.8, 4) is 6.01 Å². The molecular weight excluding hydrogens is 294 g/mol. The van der Waals surface area contributed by atoms with Crippen LogP contribution in [0.1, 0.15) is 27.2 Å². The molecule has 0 amide bonds. The summed E-state index contributed by atoms with van der Waals surface area (Å²) in [5, 5.41) is 5.93. The summed E-state index contributed by atoms with van der Waals surface area (Å²) in [5.74, 6) is 0.925. The van der Waals surface area contributed by atoms with Crippen molar-refractivity contribution in [2.45, 2.75) is 38.8 Å². The fraction of sp³-hybridized carbons (Fsp3) is 0.750. The van der Waals surface area contributed by atoms with Gasteiger partial charge in [-0.2, -0.15) is 15.0 Å². The zero-order chi connectivity index (χ0) is 15.7. The Labute approximate surface area is 124 Å². The quantitative estimate of drug-likeness (QED) is 0.817. The number of aromatic nitrogens is 3. The smallest absolute Gasteiger partial charge is 0.323 e. The van der Waals surface area contributed by atoms with Crippen molar-refractivity contribution in [2.24, 2.45) is 0 Å². The lowest BCUT2D eigenvalue weighted by Gasteiger charge is -2.24. The summed E-state index contributed by atoms with van der Waals surface area (Å²) in [5.41, 5.74) is -0.569. The Bertz CT molecular complexity index is 619. The van der Waals surface area contributed by atoms with Gasteiger partial charge in [-0.1, -0.05) is 0 Å². The highest BCUT2D eigenvalue weighted by Crippen LogP contribution is 2.27. The number of anilines is 2. The maximum Gasteiger partial charge on any atom is 0.323 e. The molecule has 1 aliphatic rings. The maximum absolute atomic E-state index is 11.6. The van der Waals surface area contributed by atoms with E-state index in [9.17, 15) is 8.42 Å². The summed E-state index contributed by atoms with van der Waals surface area (Å²) in [6, 6.07) is 0.205. The molecule has 1 atom stereocenters. The van der Waals surface area contributed by atoms with Crippen molar-refractivity contribution in [3.63, 3.8) is 0 Å². The number of sulfone groups is 1. The zero-order valence-corrected chi connectivity index (χ0v) is 13.5. The van der Waals surface area contributed by atoms with Crippen LogP contribution in [0.4, 0.5) is 11.9 Å². The second kappa shape index (κ2) is 5.63. The van der Waals surface area contributed by atoms with Gasteiger partial charge in [-0.05, 0) is 27.2 Å². The third kappa shape index (κ3) is 4.16. The molecule has 1 aromatic rings. The van der Waals surface area contributed by atoms with Crippen molar-refractivity contribution >= 4 is 21.7 Å². The molecular formula is C12H21N5O3S. The Morgan fingerprint density at radius 1 is 1.24 bits per heavy atom. The van der Waals surface area contributed by atoms with E-state index in [0.29, 0.717) is 18.3 Å². The maximum atomic E-state index is 11.6. The Balaban J connectivity index is 2.23. The molecule has 21 heavy (non-hydrogen) atoms. The van der Waals surface area contributed by atoms with E-state index in [-0.39, 0.29) is 23.6 Å². The van der Waals surface area contributed by atoms with Crippen molar-refractivity contribution in [1.29, 1.82) is 0 Å². The van der Waals surface area contributed by atoms with Gasteiger partial charge in [0.25, 0.3) is 0 Å². The van der Waals surface area contributed by atoms with Crippen molar-refractivity contribution < 1.29 is 13.2 Å². The highest BCUT2D eigenvalue weighted by molar-refractivity contribution is 7.91. The molecule has 9 heteroatoms. The second-order valence-electron chi connectivity index (χ2n) is 5.71. The van der Waals surface area contributed by atoms with Gasteiger partial charge < -0.3 is 15.4 Å².